The molecule has 5 rings (SSSR count). The van der Waals surface area contributed by atoms with E-state index in [0.717, 1.165) is 27.4 Å². The second kappa shape index (κ2) is 10.5. The van der Waals surface area contributed by atoms with E-state index in [-0.39, 0.29) is 43.1 Å². The molecule has 5 heterocycles. The molecule has 4 aromatic rings. The van der Waals surface area contributed by atoms with E-state index in [1.807, 2.05) is 24.3 Å². The van der Waals surface area contributed by atoms with E-state index in [0.29, 0.717) is 5.69 Å². The van der Waals surface area contributed by atoms with Crippen molar-refractivity contribution in [1.29, 1.82) is 0 Å². The first-order chi connectivity index (χ1) is 18.2. The van der Waals surface area contributed by atoms with Gasteiger partial charge in [-0.15, -0.1) is 0 Å². The zero-order valence-corrected chi connectivity index (χ0v) is 21.9. The summed E-state index contributed by atoms with van der Waals surface area (Å²) in [5, 5.41) is 6.77. The second-order valence-corrected chi connectivity index (χ2v) is 11.4. The lowest BCUT2D eigenvalue weighted by Crippen LogP contribution is -2.37. The molecule has 1 aliphatic rings. The number of hydrogen-bond acceptors (Lipinski definition) is 8. The van der Waals surface area contributed by atoms with Crippen molar-refractivity contribution in [3.63, 3.8) is 0 Å². The Kier molecular flexibility index (Phi) is 7.15. The topological polar surface area (TPSA) is 155 Å². The van der Waals surface area contributed by atoms with Crippen molar-refractivity contribution in [3.8, 4) is 0 Å². The van der Waals surface area contributed by atoms with Gasteiger partial charge in [-0.25, -0.2) is 18.4 Å². The van der Waals surface area contributed by atoms with Crippen molar-refractivity contribution < 1.29 is 13.2 Å². The minimum atomic E-state index is -3.47. The fourth-order valence-corrected chi connectivity index (χ4v) is 5.50. The third-order valence-electron chi connectivity index (χ3n) is 6.40. The summed E-state index contributed by atoms with van der Waals surface area (Å²) in [6.45, 7) is 0.244. The van der Waals surface area contributed by atoms with Crippen LogP contribution in [0.15, 0.2) is 59.9 Å². The van der Waals surface area contributed by atoms with Crippen LogP contribution in [-0.4, -0.2) is 68.5 Å². The molecule has 0 radical (unpaired) electrons. The van der Waals surface area contributed by atoms with E-state index in [2.05, 4.69) is 30.6 Å². The number of anilines is 1. The quantitative estimate of drug-likeness (QED) is 0.293. The summed E-state index contributed by atoms with van der Waals surface area (Å²) in [7, 11) is -3.47. The van der Waals surface area contributed by atoms with E-state index in [1.165, 1.54) is 10.5 Å². The van der Waals surface area contributed by atoms with E-state index in [1.54, 1.807) is 24.7 Å². The molecular weight excluding hydrogens is 532 g/mol. The number of fused-ring (bicyclic) bond motifs is 1. The third-order valence-corrected chi connectivity index (χ3v) is 7.94. The molecule has 0 aromatic carbocycles. The van der Waals surface area contributed by atoms with Crippen LogP contribution in [0.2, 0.25) is 5.15 Å². The molecule has 3 N–H and O–H groups in total. The molecule has 4 aromatic heterocycles. The number of pyridine rings is 2. The summed E-state index contributed by atoms with van der Waals surface area (Å²) in [6, 6.07) is 8.73. The first-order valence-corrected chi connectivity index (χ1v) is 14.0. The number of aromatic amines is 1. The van der Waals surface area contributed by atoms with Gasteiger partial charge in [0.15, 0.2) is 5.82 Å². The summed E-state index contributed by atoms with van der Waals surface area (Å²) >= 11 is 6.22. The molecule has 1 amide bonds. The third kappa shape index (κ3) is 5.54. The van der Waals surface area contributed by atoms with Crippen molar-refractivity contribution >= 4 is 44.4 Å². The van der Waals surface area contributed by atoms with Crippen LogP contribution in [0.1, 0.15) is 17.2 Å². The van der Waals surface area contributed by atoms with E-state index in [4.69, 9.17) is 11.6 Å². The number of carbonyl (C=O) groups excluding carboxylic acids is 1. The van der Waals surface area contributed by atoms with Crippen molar-refractivity contribution in [3.05, 3.63) is 81.9 Å². The molecule has 2 atom stereocenters. The van der Waals surface area contributed by atoms with Gasteiger partial charge in [-0.05, 0) is 29.8 Å². The van der Waals surface area contributed by atoms with Gasteiger partial charge in [0.25, 0.3) is 5.56 Å². The zero-order chi connectivity index (χ0) is 26.9. The molecule has 198 valence electrons. The Bertz CT molecular complexity index is 1640. The van der Waals surface area contributed by atoms with Crippen LogP contribution in [-0.2, 0) is 27.9 Å². The molecule has 0 aliphatic carbocycles. The van der Waals surface area contributed by atoms with Crippen LogP contribution < -0.4 is 16.2 Å². The fourth-order valence-electron chi connectivity index (χ4n) is 4.45. The predicted octanol–water partition coefficient (Wildman–Crippen LogP) is 1.32. The van der Waals surface area contributed by atoms with E-state index >= 15 is 0 Å². The second-order valence-electron chi connectivity index (χ2n) is 9.05. The van der Waals surface area contributed by atoms with Crippen LogP contribution in [0.3, 0.4) is 0 Å². The highest BCUT2D eigenvalue weighted by molar-refractivity contribution is 7.88. The standard InChI is InChI=1S/C24H25ClN8O4S/c1-38(36,37)32-12-17(18-4-2-3-6-26-18)19(13-32)31-23-24(35)33(20(25)11-30-23)14-21(34)28-9-15-8-16-5-7-27-22(16)29-10-15/h2-8,10-11,17,19H,9,12-14H2,1H3,(H,27,29)(H,28,34)(H,30,31). The molecule has 2 unspecified atom stereocenters. The Morgan fingerprint density at radius 3 is 2.79 bits per heavy atom. The summed E-state index contributed by atoms with van der Waals surface area (Å²) in [6.07, 6.45) is 7.50. The Hall–Kier alpha value is -3.81. The minimum Gasteiger partial charge on any atom is -0.361 e. The van der Waals surface area contributed by atoms with Crippen molar-refractivity contribution in [2.24, 2.45) is 0 Å². The van der Waals surface area contributed by atoms with Gasteiger partial charge in [-0.1, -0.05) is 17.7 Å². The molecule has 1 fully saturated rings. The Balaban J connectivity index is 1.32. The van der Waals surface area contributed by atoms with Gasteiger partial charge >= 0.3 is 0 Å². The van der Waals surface area contributed by atoms with Crippen LogP contribution in [0.5, 0.6) is 0 Å². The monoisotopic (exact) mass is 556 g/mol. The number of hydrogen-bond donors (Lipinski definition) is 3. The number of carbonyl (C=O) groups is 1. The molecule has 14 heteroatoms. The molecule has 0 saturated carbocycles. The summed E-state index contributed by atoms with van der Waals surface area (Å²) in [4.78, 5) is 41.7. The normalized spacial score (nSPS) is 18.1. The highest BCUT2D eigenvalue weighted by atomic mass is 35.5. The SMILES string of the molecule is CS(=O)(=O)N1CC(Nc2ncc(Cl)n(CC(=O)NCc3cnc4[nH]ccc4c3)c2=O)C(c2ccccn2)C1. The molecular formula is C24H25ClN8O4S. The predicted molar refractivity (Wildman–Crippen MR) is 142 cm³/mol. The number of rotatable bonds is 8. The highest BCUT2D eigenvalue weighted by Crippen LogP contribution is 2.29. The molecule has 12 nitrogen and oxygen atoms in total. The number of halogens is 1. The molecule has 38 heavy (non-hydrogen) atoms. The first kappa shape index (κ1) is 25.8. The Labute approximate surface area is 223 Å². The van der Waals surface area contributed by atoms with Gasteiger partial charge in [-0.2, -0.15) is 4.31 Å². The maximum absolute atomic E-state index is 13.2. The Morgan fingerprint density at radius 2 is 2.03 bits per heavy atom. The average Bonchev–Trinajstić information content (AvgIpc) is 3.54. The summed E-state index contributed by atoms with van der Waals surface area (Å²) in [5.74, 6) is -0.771. The van der Waals surface area contributed by atoms with Crippen molar-refractivity contribution in [1.82, 2.24) is 34.1 Å². The first-order valence-electron chi connectivity index (χ1n) is 11.8. The van der Waals surface area contributed by atoms with Gasteiger partial charge in [-0.3, -0.25) is 19.1 Å². The lowest BCUT2D eigenvalue weighted by Gasteiger charge is -2.20. The minimum absolute atomic E-state index is 0.00318. The fraction of sp³-hybridized carbons (Fsp3) is 0.292. The van der Waals surface area contributed by atoms with Crippen LogP contribution in [0.25, 0.3) is 11.0 Å². The molecule has 1 aliphatic heterocycles. The van der Waals surface area contributed by atoms with Crippen LogP contribution in [0, 0.1) is 0 Å². The van der Waals surface area contributed by atoms with Crippen molar-refractivity contribution in [2.45, 2.75) is 25.0 Å². The number of sulfonamides is 1. The van der Waals surface area contributed by atoms with Gasteiger partial charge in [0.2, 0.25) is 15.9 Å². The summed E-state index contributed by atoms with van der Waals surface area (Å²) in [5.41, 5.74) is 1.65. The Morgan fingerprint density at radius 1 is 1.18 bits per heavy atom. The number of H-pyrrole nitrogens is 1. The van der Waals surface area contributed by atoms with E-state index in [9.17, 15) is 18.0 Å². The van der Waals surface area contributed by atoms with Crippen LogP contribution in [0.4, 0.5) is 5.82 Å². The molecule has 0 bridgehead atoms. The van der Waals surface area contributed by atoms with Gasteiger partial charge in [0, 0.05) is 55.2 Å². The highest BCUT2D eigenvalue weighted by Gasteiger charge is 2.39. The lowest BCUT2D eigenvalue weighted by atomic mass is 9.99. The number of aromatic nitrogens is 5. The number of nitrogens with zero attached hydrogens (tertiary/aromatic N) is 5. The van der Waals surface area contributed by atoms with E-state index < -0.39 is 27.5 Å². The number of nitrogens with one attached hydrogen (secondary N) is 3. The zero-order valence-electron chi connectivity index (χ0n) is 20.3. The maximum Gasteiger partial charge on any atom is 0.294 e. The van der Waals surface area contributed by atoms with Gasteiger partial charge in [0.05, 0.1) is 18.5 Å². The molecule has 0 spiro atoms. The maximum atomic E-state index is 13.2. The molecule has 1 saturated heterocycles. The van der Waals surface area contributed by atoms with Gasteiger partial charge in [0.1, 0.15) is 17.3 Å². The average molecular weight is 557 g/mol. The van der Waals surface area contributed by atoms with Gasteiger partial charge < -0.3 is 15.6 Å². The van der Waals surface area contributed by atoms with Crippen LogP contribution >= 0.6 is 11.6 Å². The van der Waals surface area contributed by atoms with Crippen molar-refractivity contribution in [2.75, 3.05) is 24.7 Å². The summed E-state index contributed by atoms with van der Waals surface area (Å²) < 4.78 is 26.9. The largest absolute Gasteiger partial charge is 0.361 e. The smallest absolute Gasteiger partial charge is 0.294 e. The number of amides is 1. The lowest BCUT2D eigenvalue weighted by molar-refractivity contribution is -0.121.